The fourth-order valence-corrected chi connectivity index (χ4v) is 6.31. The van der Waals surface area contributed by atoms with Gasteiger partial charge in [0.15, 0.2) is 0 Å². The average Bonchev–Trinajstić information content (AvgIpc) is 3.62. The summed E-state index contributed by atoms with van der Waals surface area (Å²) in [6, 6.07) is 7.62. The molecule has 0 spiro atoms. The standard InChI is InChI=1S/C27H31F2N5O5S/c1-17-9-19(17)15-39-26-24(14-31-34(27(26)35)22-12-20(28)11-21(29)13-22)32-5-7-33(8-6-32)40(36,37)16-18-3-4-23(30)25(10-18)38-2/h3-4,10-14,17,19H,5-9,15-16,30H2,1-2H3. The zero-order valence-electron chi connectivity index (χ0n) is 22.2. The highest BCUT2D eigenvalue weighted by atomic mass is 32.2. The molecule has 2 atom stereocenters. The minimum atomic E-state index is -3.64. The molecule has 0 amide bonds. The molecule has 2 heterocycles. The molecule has 2 N–H and O–H groups in total. The Balaban J connectivity index is 1.36. The molecule has 0 bridgehead atoms. The zero-order valence-corrected chi connectivity index (χ0v) is 23.0. The van der Waals surface area contributed by atoms with Gasteiger partial charge in [-0.15, -0.1) is 0 Å². The first-order valence-electron chi connectivity index (χ1n) is 12.9. The molecule has 5 rings (SSSR count). The molecule has 1 aliphatic carbocycles. The Labute approximate surface area is 231 Å². The highest BCUT2D eigenvalue weighted by Crippen LogP contribution is 2.38. The number of benzene rings is 2. The highest BCUT2D eigenvalue weighted by Gasteiger charge is 2.34. The normalized spacial score (nSPS) is 19.4. The van der Waals surface area contributed by atoms with Crippen LogP contribution in [0.2, 0.25) is 0 Å². The predicted octanol–water partition coefficient (Wildman–Crippen LogP) is 2.79. The lowest BCUT2D eigenvalue weighted by Gasteiger charge is -2.35. The Kier molecular flexibility index (Phi) is 7.69. The van der Waals surface area contributed by atoms with Crippen LogP contribution in [0.3, 0.4) is 0 Å². The van der Waals surface area contributed by atoms with Gasteiger partial charge in [0.05, 0.1) is 37.0 Å². The summed E-state index contributed by atoms with van der Waals surface area (Å²) in [5, 5.41) is 4.17. The molecular formula is C27H31F2N5O5S. The van der Waals surface area contributed by atoms with E-state index in [0.717, 1.165) is 23.2 Å². The molecule has 1 saturated carbocycles. The van der Waals surface area contributed by atoms with Crippen molar-refractivity contribution in [1.29, 1.82) is 0 Å². The Bertz CT molecular complexity index is 1550. The SMILES string of the molecule is COc1cc(CS(=O)(=O)N2CCN(c3cnn(-c4cc(F)cc(F)c4)c(=O)c3OCC3CC3C)CC2)ccc1N. The van der Waals surface area contributed by atoms with Crippen LogP contribution in [-0.2, 0) is 15.8 Å². The van der Waals surface area contributed by atoms with Gasteiger partial charge < -0.3 is 20.1 Å². The summed E-state index contributed by atoms with van der Waals surface area (Å²) in [7, 11) is -2.17. The molecule has 3 aromatic rings. The number of nitrogens with two attached hydrogens (primary N) is 1. The van der Waals surface area contributed by atoms with Gasteiger partial charge in [0.1, 0.15) is 23.1 Å². The molecule has 10 nitrogen and oxygen atoms in total. The molecule has 13 heteroatoms. The first-order valence-corrected chi connectivity index (χ1v) is 14.5. The maximum atomic E-state index is 13.9. The summed E-state index contributed by atoms with van der Waals surface area (Å²) in [6.07, 6.45) is 2.40. The van der Waals surface area contributed by atoms with E-state index >= 15 is 0 Å². The molecule has 214 valence electrons. The third-order valence-corrected chi connectivity index (χ3v) is 9.19. The van der Waals surface area contributed by atoms with Crippen molar-refractivity contribution in [3.8, 4) is 17.2 Å². The van der Waals surface area contributed by atoms with Gasteiger partial charge in [-0.1, -0.05) is 13.0 Å². The number of methoxy groups -OCH3 is 1. The fourth-order valence-electron chi connectivity index (χ4n) is 4.81. The number of piperazine rings is 1. The second-order valence-electron chi connectivity index (χ2n) is 10.2. The van der Waals surface area contributed by atoms with Gasteiger partial charge >= 0.3 is 5.56 Å². The minimum absolute atomic E-state index is 0.0176. The van der Waals surface area contributed by atoms with Crippen LogP contribution < -0.4 is 25.7 Å². The van der Waals surface area contributed by atoms with Crippen LogP contribution in [0, 0.1) is 23.5 Å². The molecule has 2 fully saturated rings. The lowest BCUT2D eigenvalue weighted by molar-refractivity contribution is 0.286. The summed E-state index contributed by atoms with van der Waals surface area (Å²) in [6.45, 7) is 3.37. The van der Waals surface area contributed by atoms with E-state index in [2.05, 4.69) is 12.0 Å². The predicted molar refractivity (Wildman–Crippen MR) is 146 cm³/mol. The number of nitrogen functional groups attached to an aromatic ring is 1. The number of halogens is 2. The van der Waals surface area contributed by atoms with Crippen molar-refractivity contribution in [1.82, 2.24) is 14.1 Å². The lowest BCUT2D eigenvalue weighted by atomic mass is 10.2. The second kappa shape index (κ2) is 11.0. The van der Waals surface area contributed by atoms with Crippen molar-refractivity contribution >= 4 is 21.4 Å². The van der Waals surface area contributed by atoms with E-state index in [9.17, 15) is 22.0 Å². The smallest absolute Gasteiger partial charge is 0.316 e. The Morgan fingerprint density at radius 3 is 2.38 bits per heavy atom. The van der Waals surface area contributed by atoms with Crippen molar-refractivity contribution in [3.63, 3.8) is 0 Å². The fraction of sp³-hybridized carbons (Fsp3) is 0.407. The van der Waals surface area contributed by atoms with Gasteiger partial charge in [0, 0.05) is 32.2 Å². The van der Waals surface area contributed by atoms with Crippen molar-refractivity contribution in [2.75, 3.05) is 50.5 Å². The van der Waals surface area contributed by atoms with E-state index in [0.29, 0.717) is 60.3 Å². The number of hydrogen-bond acceptors (Lipinski definition) is 8. The maximum absolute atomic E-state index is 13.9. The van der Waals surface area contributed by atoms with E-state index in [-0.39, 0.29) is 30.3 Å². The van der Waals surface area contributed by atoms with Gasteiger partial charge in [0.2, 0.25) is 15.8 Å². The number of hydrogen-bond donors (Lipinski definition) is 1. The van der Waals surface area contributed by atoms with Gasteiger partial charge in [-0.3, -0.25) is 4.79 Å². The van der Waals surface area contributed by atoms with Crippen LogP contribution in [0.25, 0.3) is 5.69 Å². The monoisotopic (exact) mass is 575 g/mol. The van der Waals surface area contributed by atoms with Crippen molar-refractivity contribution in [2.45, 2.75) is 19.1 Å². The molecule has 2 aromatic carbocycles. The van der Waals surface area contributed by atoms with Crippen LogP contribution >= 0.6 is 0 Å². The Morgan fingerprint density at radius 2 is 1.75 bits per heavy atom. The van der Waals surface area contributed by atoms with Crippen molar-refractivity contribution in [2.24, 2.45) is 11.8 Å². The maximum Gasteiger partial charge on any atom is 0.316 e. The van der Waals surface area contributed by atoms with Gasteiger partial charge in [-0.05, 0) is 48.1 Å². The van der Waals surface area contributed by atoms with Crippen LogP contribution in [-0.4, -0.2) is 62.4 Å². The minimum Gasteiger partial charge on any atom is -0.495 e. The van der Waals surface area contributed by atoms with Crippen molar-refractivity contribution in [3.05, 3.63) is 70.1 Å². The number of sulfonamides is 1. The molecule has 1 saturated heterocycles. The molecule has 1 aliphatic heterocycles. The quantitative estimate of drug-likeness (QED) is 0.387. The molecule has 2 unspecified atom stereocenters. The average molecular weight is 576 g/mol. The Morgan fingerprint density at radius 1 is 1.07 bits per heavy atom. The molecular weight excluding hydrogens is 544 g/mol. The molecule has 40 heavy (non-hydrogen) atoms. The molecule has 0 radical (unpaired) electrons. The van der Waals surface area contributed by atoms with Crippen LogP contribution in [0.4, 0.5) is 20.2 Å². The van der Waals surface area contributed by atoms with Gasteiger partial charge in [-0.2, -0.15) is 14.1 Å². The van der Waals surface area contributed by atoms with Crippen LogP contribution in [0.15, 0.2) is 47.4 Å². The highest BCUT2D eigenvalue weighted by molar-refractivity contribution is 7.88. The number of aromatic nitrogens is 2. The first-order chi connectivity index (χ1) is 19.1. The third-order valence-electron chi connectivity index (χ3n) is 7.34. The first kappa shape index (κ1) is 27.8. The van der Waals surface area contributed by atoms with Gasteiger partial charge in [0.25, 0.3) is 0 Å². The zero-order chi connectivity index (χ0) is 28.6. The van der Waals surface area contributed by atoms with E-state index in [1.54, 1.807) is 18.2 Å². The molecule has 2 aliphatic rings. The van der Waals surface area contributed by atoms with Crippen LogP contribution in [0.5, 0.6) is 11.5 Å². The Hall–Kier alpha value is -3.71. The number of nitrogens with zero attached hydrogens (tertiary/aromatic N) is 4. The van der Waals surface area contributed by atoms with E-state index < -0.39 is 27.2 Å². The summed E-state index contributed by atoms with van der Waals surface area (Å²) >= 11 is 0. The lowest BCUT2D eigenvalue weighted by Crippen LogP contribution is -2.49. The van der Waals surface area contributed by atoms with Gasteiger partial charge in [-0.25, -0.2) is 17.2 Å². The van der Waals surface area contributed by atoms with Crippen molar-refractivity contribution < 1.29 is 26.7 Å². The number of rotatable bonds is 9. The van der Waals surface area contributed by atoms with Crippen LogP contribution in [0.1, 0.15) is 18.9 Å². The summed E-state index contributed by atoms with van der Waals surface area (Å²) < 4.78 is 67.5. The molecule has 1 aromatic heterocycles. The van der Waals surface area contributed by atoms with E-state index in [1.165, 1.54) is 17.6 Å². The largest absolute Gasteiger partial charge is 0.495 e. The second-order valence-corrected chi connectivity index (χ2v) is 12.2. The third kappa shape index (κ3) is 5.89. The number of ether oxygens (including phenoxy) is 2. The summed E-state index contributed by atoms with van der Waals surface area (Å²) in [5.74, 6) is -0.653. The summed E-state index contributed by atoms with van der Waals surface area (Å²) in [5.41, 5.74) is 6.52. The topological polar surface area (TPSA) is 120 Å². The van der Waals surface area contributed by atoms with E-state index in [4.69, 9.17) is 15.2 Å². The summed E-state index contributed by atoms with van der Waals surface area (Å²) in [4.78, 5) is 15.3. The van der Waals surface area contributed by atoms with E-state index in [1.807, 2.05) is 4.90 Å². The number of anilines is 2.